The van der Waals surface area contributed by atoms with Crippen LogP contribution < -0.4 is 16.4 Å². The van der Waals surface area contributed by atoms with Crippen LogP contribution in [0.3, 0.4) is 0 Å². The van der Waals surface area contributed by atoms with Gasteiger partial charge in [-0.25, -0.2) is 9.78 Å². The number of hydrogen-bond donors (Lipinski definition) is 3. The summed E-state index contributed by atoms with van der Waals surface area (Å²) in [5, 5.41) is 7.12. The minimum atomic E-state index is -4.53. The number of amides is 2. The number of alkyl halides is 3. The van der Waals surface area contributed by atoms with Crippen molar-refractivity contribution in [2.75, 3.05) is 49.6 Å². The summed E-state index contributed by atoms with van der Waals surface area (Å²) in [5.41, 5.74) is 7.78. The molecule has 10 heteroatoms. The zero-order valence-corrected chi connectivity index (χ0v) is 21.4. The van der Waals surface area contributed by atoms with Gasteiger partial charge in [-0.15, -0.1) is 0 Å². The molecule has 0 radical (unpaired) electrons. The molecule has 1 aliphatic rings. The van der Waals surface area contributed by atoms with E-state index in [9.17, 15) is 18.0 Å². The first-order chi connectivity index (χ1) is 18.7. The molecule has 1 aliphatic heterocycles. The smallest absolute Gasteiger partial charge is 0.384 e. The lowest BCUT2D eigenvalue weighted by Gasteiger charge is -2.33. The van der Waals surface area contributed by atoms with E-state index in [2.05, 4.69) is 20.5 Å². The Kier molecular flexibility index (Phi) is 7.40. The molecular weight excluding hydrogens is 505 g/mol. The molecule has 0 unspecified atom stereocenters. The van der Waals surface area contributed by atoms with Crippen LogP contribution in [0.2, 0.25) is 0 Å². The van der Waals surface area contributed by atoms with Crippen molar-refractivity contribution >= 4 is 34.0 Å². The van der Waals surface area contributed by atoms with Gasteiger partial charge in [-0.3, -0.25) is 4.90 Å². The van der Waals surface area contributed by atoms with E-state index in [1.165, 1.54) is 12.1 Å². The largest absolute Gasteiger partial charge is 0.416 e. The molecule has 2 heterocycles. The van der Waals surface area contributed by atoms with E-state index in [4.69, 9.17) is 5.73 Å². The maximum Gasteiger partial charge on any atom is 0.416 e. The molecular formula is C29H29F3N6O. The summed E-state index contributed by atoms with van der Waals surface area (Å²) in [6.07, 6.45) is -2.81. The van der Waals surface area contributed by atoms with Crippen LogP contribution in [-0.2, 0) is 12.7 Å². The van der Waals surface area contributed by atoms with Gasteiger partial charge < -0.3 is 21.3 Å². The first-order valence-corrected chi connectivity index (χ1v) is 12.6. The third-order valence-corrected chi connectivity index (χ3v) is 6.90. The molecule has 202 valence electrons. The molecule has 5 rings (SSSR count). The molecule has 4 aromatic rings. The lowest BCUT2D eigenvalue weighted by molar-refractivity contribution is -0.138. The van der Waals surface area contributed by atoms with Gasteiger partial charge in [0.2, 0.25) is 0 Å². The second-order valence-electron chi connectivity index (χ2n) is 9.74. The van der Waals surface area contributed by atoms with Gasteiger partial charge in [0.1, 0.15) is 5.82 Å². The van der Waals surface area contributed by atoms with Crippen molar-refractivity contribution in [2.24, 2.45) is 0 Å². The third kappa shape index (κ3) is 6.30. The minimum absolute atomic E-state index is 0.0699. The van der Waals surface area contributed by atoms with Gasteiger partial charge in [0.25, 0.3) is 0 Å². The number of fused-ring (bicyclic) bond motifs is 1. The molecule has 0 bridgehead atoms. The number of piperazine rings is 1. The summed E-state index contributed by atoms with van der Waals surface area (Å²) in [7, 11) is 2.00. The molecule has 1 aromatic heterocycles. The fourth-order valence-electron chi connectivity index (χ4n) is 4.77. The molecule has 3 aromatic carbocycles. The molecule has 0 spiro atoms. The molecule has 1 saturated heterocycles. The number of nitrogens with one attached hydrogen (secondary N) is 2. The lowest BCUT2D eigenvalue weighted by Crippen LogP contribution is -2.44. The number of aromatic nitrogens is 1. The number of rotatable bonds is 5. The zero-order chi connectivity index (χ0) is 27.6. The lowest BCUT2D eigenvalue weighted by atomic mass is 9.99. The van der Waals surface area contributed by atoms with Crippen LogP contribution in [0.25, 0.3) is 21.9 Å². The van der Waals surface area contributed by atoms with Crippen LogP contribution in [0, 0.1) is 0 Å². The summed E-state index contributed by atoms with van der Waals surface area (Å²) in [6, 6.07) is 18.2. The van der Waals surface area contributed by atoms with Gasteiger partial charge in [0.05, 0.1) is 5.56 Å². The predicted octanol–water partition coefficient (Wildman–Crippen LogP) is 5.89. The van der Waals surface area contributed by atoms with E-state index in [1.54, 1.807) is 18.3 Å². The molecule has 7 nitrogen and oxygen atoms in total. The number of anilines is 3. The number of nitrogen functional groups attached to an aromatic ring is 1. The van der Waals surface area contributed by atoms with Crippen molar-refractivity contribution in [2.45, 2.75) is 12.7 Å². The van der Waals surface area contributed by atoms with Crippen molar-refractivity contribution in [1.29, 1.82) is 0 Å². The van der Waals surface area contributed by atoms with E-state index in [0.717, 1.165) is 41.1 Å². The highest BCUT2D eigenvalue weighted by molar-refractivity contribution is 6.01. The van der Waals surface area contributed by atoms with Gasteiger partial charge in [0, 0.05) is 55.7 Å². The number of hydrogen-bond acceptors (Lipinski definition) is 5. The highest BCUT2D eigenvalue weighted by Gasteiger charge is 2.34. The first-order valence-electron chi connectivity index (χ1n) is 12.6. The molecule has 2 amide bonds. The normalized spacial score (nSPS) is 14.9. The molecule has 4 N–H and O–H groups in total. The van der Waals surface area contributed by atoms with E-state index in [0.29, 0.717) is 24.6 Å². The topological polar surface area (TPSA) is 86.5 Å². The Bertz CT molecular complexity index is 1480. The van der Waals surface area contributed by atoms with Crippen molar-refractivity contribution in [3.05, 3.63) is 84.1 Å². The van der Waals surface area contributed by atoms with Crippen LogP contribution in [0.1, 0.15) is 11.1 Å². The molecule has 1 fully saturated rings. The van der Waals surface area contributed by atoms with Crippen LogP contribution in [0.15, 0.2) is 72.9 Å². The Morgan fingerprint density at radius 2 is 1.64 bits per heavy atom. The summed E-state index contributed by atoms with van der Waals surface area (Å²) < 4.78 is 41.6. The van der Waals surface area contributed by atoms with Crippen molar-refractivity contribution < 1.29 is 18.0 Å². The molecule has 0 atom stereocenters. The van der Waals surface area contributed by atoms with E-state index >= 15 is 0 Å². The number of nitrogens with two attached hydrogens (primary N) is 1. The Hall–Kier alpha value is -4.15. The Morgan fingerprint density at radius 1 is 0.949 bits per heavy atom. The number of likely N-dealkylation sites (N-methyl/N-ethyl adjacent to an activating group) is 1. The standard InChI is InChI=1S/C29H29F3N6O/c1-37-11-13-38(14-12-37)18-21-7-10-23(15-26(21)29(30,31)32)36-28(39)35-22-8-5-19(6-9-22)24-4-2-3-20-17-34-27(33)16-25(20)24/h2-10,15-17H,11-14,18H2,1H3,(H2,33,34)(H2,35,36,39). The fraction of sp³-hybridized carbons (Fsp3) is 0.241. The maximum absolute atomic E-state index is 13.9. The van der Waals surface area contributed by atoms with Gasteiger partial charge >= 0.3 is 12.2 Å². The SMILES string of the molecule is CN1CCN(Cc2ccc(NC(=O)Nc3ccc(-c4cccc5cnc(N)cc45)cc3)cc2C(F)(F)F)CC1. The van der Waals surface area contributed by atoms with Gasteiger partial charge in [-0.1, -0.05) is 36.4 Å². The number of benzene rings is 3. The maximum atomic E-state index is 13.9. The summed E-state index contributed by atoms with van der Waals surface area (Å²) >= 11 is 0. The number of halogens is 3. The monoisotopic (exact) mass is 534 g/mol. The summed E-state index contributed by atoms with van der Waals surface area (Å²) in [5.74, 6) is 0.422. The average molecular weight is 535 g/mol. The molecule has 39 heavy (non-hydrogen) atoms. The van der Waals surface area contributed by atoms with E-state index < -0.39 is 17.8 Å². The quantitative estimate of drug-likeness (QED) is 0.297. The van der Waals surface area contributed by atoms with Crippen LogP contribution in [0.5, 0.6) is 0 Å². The van der Waals surface area contributed by atoms with Crippen molar-refractivity contribution in [1.82, 2.24) is 14.8 Å². The van der Waals surface area contributed by atoms with E-state index in [-0.39, 0.29) is 17.8 Å². The zero-order valence-electron chi connectivity index (χ0n) is 21.4. The van der Waals surface area contributed by atoms with Gasteiger partial charge in [-0.05, 0) is 59.5 Å². The van der Waals surface area contributed by atoms with Gasteiger partial charge in [-0.2, -0.15) is 13.2 Å². The Balaban J connectivity index is 1.27. The Morgan fingerprint density at radius 3 is 2.36 bits per heavy atom. The highest BCUT2D eigenvalue weighted by atomic mass is 19.4. The first kappa shape index (κ1) is 26.5. The minimum Gasteiger partial charge on any atom is -0.384 e. The third-order valence-electron chi connectivity index (χ3n) is 6.90. The van der Waals surface area contributed by atoms with Crippen molar-refractivity contribution in [3.63, 3.8) is 0 Å². The average Bonchev–Trinajstić information content (AvgIpc) is 2.90. The Labute approximate surface area is 224 Å². The van der Waals surface area contributed by atoms with E-state index in [1.807, 2.05) is 48.3 Å². The number of pyridine rings is 1. The number of carbonyl (C=O) groups excluding carboxylic acids is 1. The summed E-state index contributed by atoms with van der Waals surface area (Å²) in [4.78, 5) is 20.9. The van der Waals surface area contributed by atoms with Crippen molar-refractivity contribution in [3.8, 4) is 11.1 Å². The fourth-order valence-corrected chi connectivity index (χ4v) is 4.77. The second kappa shape index (κ2) is 10.9. The van der Waals surface area contributed by atoms with Crippen LogP contribution >= 0.6 is 0 Å². The van der Waals surface area contributed by atoms with Crippen LogP contribution in [0.4, 0.5) is 35.2 Å². The summed E-state index contributed by atoms with van der Waals surface area (Å²) in [6.45, 7) is 3.26. The van der Waals surface area contributed by atoms with Gasteiger partial charge in [0.15, 0.2) is 0 Å². The number of urea groups is 1. The predicted molar refractivity (Wildman–Crippen MR) is 148 cm³/mol. The number of carbonyl (C=O) groups is 1. The molecule has 0 aliphatic carbocycles. The second-order valence-corrected chi connectivity index (χ2v) is 9.74. The highest BCUT2D eigenvalue weighted by Crippen LogP contribution is 2.35. The number of nitrogens with zero attached hydrogens (tertiary/aromatic N) is 3. The van der Waals surface area contributed by atoms with Crippen LogP contribution in [-0.4, -0.2) is 54.0 Å². The molecule has 0 saturated carbocycles.